The molecule has 1 aromatic heterocycles. The summed E-state index contributed by atoms with van der Waals surface area (Å²) >= 11 is 0. The van der Waals surface area contributed by atoms with Crippen molar-refractivity contribution in [3.05, 3.63) is 84.7 Å². The van der Waals surface area contributed by atoms with Crippen molar-refractivity contribution in [3.63, 3.8) is 0 Å². The van der Waals surface area contributed by atoms with E-state index in [0.717, 1.165) is 36.1 Å². The maximum atomic E-state index is 12.9. The van der Waals surface area contributed by atoms with E-state index in [9.17, 15) is 4.79 Å². The fourth-order valence-corrected chi connectivity index (χ4v) is 3.39. The van der Waals surface area contributed by atoms with Gasteiger partial charge in [0.2, 0.25) is 5.91 Å². The van der Waals surface area contributed by atoms with Crippen LogP contribution in [0.2, 0.25) is 0 Å². The number of hydrogen-bond donors (Lipinski definition) is 2. The van der Waals surface area contributed by atoms with Crippen molar-refractivity contribution < 1.29 is 4.79 Å². The van der Waals surface area contributed by atoms with Crippen LogP contribution in [0.4, 0.5) is 0 Å². The van der Waals surface area contributed by atoms with Crippen molar-refractivity contribution in [2.45, 2.75) is 85.2 Å². The van der Waals surface area contributed by atoms with Crippen LogP contribution >= 0.6 is 0 Å². The van der Waals surface area contributed by atoms with Crippen LogP contribution in [-0.4, -0.2) is 28.4 Å². The predicted molar refractivity (Wildman–Crippen MR) is 144 cm³/mol. The monoisotopic (exact) mass is 453 g/mol. The normalized spacial score (nSPS) is 11.2. The molecule has 3 N–H and O–H groups in total. The molecule has 0 spiro atoms. The third kappa shape index (κ3) is 13.5. The van der Waals surface area contributed by atoms with Gasteiger partial charge in [-0.25, -0.2) is 0 Å². The van der Waals surface area contributed by atoms with Crippen molar-refractivity contribution in [2.24, 2.45) is 5.73 Å². The van der Waals surface area contributed by atoms with Crippen LogP contribution in [0.15, 0.2) is 68.0 Å². The van der Waals surface area contributed by atoms with E-state index < -0.39 is 6.04 Å². The number of rotatable bonds is 12. The van der Waals surface area contributed by atoms with Crippen LogP contribution in [0.3, 0.4) is 0 Å². The van der Waals surface area contributed by atoms with Gasteiger partial charge in [0.25, 0.3) is 0 Å². The maximum absolute atomic E-state index is 12.9. The lowest BCUT2D eigenvalue weighted by Crippen LogP contribution is -2.45. The summed E-state index contributed by atoms with van der Waals surface area (Å²) in [5.41, 5.74) is 9.68. The molecule has 0 fully saturated rings. The fraction of sp³-hybridized carbons (Fsp3) is 0.483. The molecular formula is C29H47N3O. The molecule has 4 heteroatoms. The van der Waals surface area contributed by atoms with E-state index in [4.69, 9.17) is 5.73 Å². The second-order valence-electron chi connectivity index (χ2n) is 8.07. The number of carbonyl (C=O) groups is 1. The van der Waals surface area contributed by atoms with E-state index in [0.29, 0.717) is 13.0 Å². The van der Waals surface area contributed by atoms with Crippen molar-refractivity contribution in [1.29, 1.82) is 0 Å². The first-order valence-electron chi connectivity index (χ1n) is 12.4. The summed E-state index contributed by atoms with van der Waals surface area (Å²) < 4.78 is 0. The molecule has 0 radical (unpaired) electrons. The Labute approximate surface area is 203 Å². The zero-order valence-electron chi connectivity index (χ0n) is 21.5. The minimum Gasteiger partial charge on any atom is -0.367 e. The molecule has 0 saturated carbocycles. The summed E-state index contributed by atoms with van der Waals surface area (Å²) in [6.45, 7) is 15.9. The minimum atomic E-state index is -0.496. The Morgan fingerprint density at radius 3 is 2.18 bits per heavy atom. The van der Waals surface area contributed by atoms with E-state index in [1.54, 1.807) is 0 Å². The van der Waals surface area contributed by atoms with Gasteiger partial charge in [0, 0.05) is 25.5 Å². The van der Waals surface area contributed by atoms with Crippen LogP contribution in [0.25, 0.3) is 0 Å². The first kappa shape index (κ1) is 30.4. The van der Waals surface area contributed by atoms with Gasteiger partial charge >= 0.3 is 0 Å². The topological polar surface area (TPSA) is 62.1 Å². The highest BCUT2D eigenvalue weighted by Crippen LogP contribution is 2.13. The largest absolute Gasteiger partial charge is 0.367 e. The fourth-order valence-electron chi connectivity index (χ4n) is 3.39. The number of benzene rings is 1. The second-order valence-corrected chi connectivity index (χ2v) is 8.07. The van der Waals surface area contributed by atoms with Gasteiger partial charge in [-0.05, 0) is 49.3 Å². The molecule has 2 aromatic rings. The van der Waals surface area contributed by atoms with E-state index >= 15 is 0 Å². The lowest BCUT2D eigenvalue weighted by Gasteiger charge is -2.26. The Balaban J connectivity index is 0.00000111. The summed E-state index contributed by atoms with van der Waals surface area (Å²) in [5, 5.41) is 0. The maximum Gasteiger partial charge on any atom is 0.240 e. The minimum absolute atomic E-state index is 0.0425. The number of unbranched alkanes of at least 4 members (excludes halogenated alkanes) is 3. The van der Waals surface area contributed by atoms with Gasteiger partial charge in [0.1, 0.15) is 0 Å². The predicted octanol–water partition coefficient (Wildman–Crippen LogP) is 6.97. The van der Waals surface area contributed by atoms with Crippen LogP contribution in [0.5, 0.6) is 0 Å². The summed E-state index contributed by atoms with van der Waals surface area (Å²) in [4.78, 5) is 17.9. The van der Waals surface area contributed by atoms with E-state index in [-0.39, 0.29) is 5.91 Å². The number of nitrogens with zero attached hydrogens (tertiary/aromatic N) is 1. The molecule has 0 aliphatic rings. The van der Waals surface area contributed by atoms with Gasteiger partial charge < -0.3 is 15.6 Å². The number of hydrogen-bond acceptors (Lipinski definition) is 2. The molecule has 0 aliphatic heterocycles. The SMILES string of the molecule is C=C.CC/C=C\CC.CCCCCCN(Cc1ccccc1)C(=O)C(N)Cc1c[nH]cc1C. The smallest absolute Gasteiger partial charge is 0.240 e. The number of carbonyl (C=O) groups excluding carboxylic acids is 1. The van der Waals surface area contributed by atoms with Crippen molar-refractivity contribution in [1.82, 2.24) is 9.88 Å². The second kappa shape index (κ2) is 20.0. The molecule has 4 nitrogen and oxygen atoms in total. The molecule has 2 rings (SSSR count). The number of amides is 1. The zero-order valence-corrected chi connectivity index (χ0v) is 21.5. The summed E-state index contributed by atoms with van der Waals surface area (Å²) in [5.74, 6) is 0.0425. The first-order chi connectivity index (χ1) is 16.0. The Morgan fingerprint density at radius 2 is 1.67 bits per heavy atom. The number of aromatic nitrogens is 1. The van der Waals surface area contributed by atoms with Crippen molar-refractivity contribution in [3.8, 4) is 0 Å². The molecule has 0 bridgehead atoms. The Kier molecular flexibility index (Phi) is 18.5. The van der Waals surface area contributed by atoms with E-state index in [2.05, 4.69) is 63.2 Å². The Bertz CT molecular complexity index is 745. The van der Waals surface area contributed by atoms with Gasteiger partial charge in [-0.3, -0.25) is 4.79 Å². The Morgan fingerprint density at radius 1 is 1.03 bits per heavy atom. The highest BCUT2D eigenvalue weighted by molar-refractivity contribution is 5.82. The molecule has 33 heavy (non-hydrogen) atoms. The van der Waals surface area contributed by atoms with Gasteiger partial charge in [-0.2, -0.15) is 0 Å². The van der Waals surface area contributed by atoms with E-state index in [1.165, 1.54) is 25.7 Å². The highest BCUT2D eigenvalue weighted by Gasteiger charge is 2.22. The average molecular weight is 454 g/mol. The Hall–Kier alpha value is -2.59. The summed E-state index contributed by atoms with van der Waals surface area (Å²) in [6, 6.07) is 9.65. The summed E-state index contributed by atoms with van der Waals surface area (Å²) in [6.07, 6.45) is 15.8. The van der Waals surface area contributed by atoms with Gasteiger partial charge in [-0.15, -0.1) is 13.2 Å². The molecule has 0 aliphatic carbocycles. The first-order valence-corrected chi connectivity index (χ1v) is 12.4. The number of nitrogens with two attached hydrogens (primary N) is 1. The molecule has 184 valence electrons. The van der Waals surface area contributed by atoms with Crippen LogP contribution < -0.4 is 5.73 Å². The number of nitrogens with one attached hydrogen (secondary N) is 1. The standard InChI is InChI=1S/C21H31N3O.C6H12.C2H4/c1-3-4-5-9-12-24(16-18-10-7-6-8-11-18)21(25)20(22)13-19-15-23-14-17(19)2;1-3-5-6-4-2;1-2/h6-8,10-11,14-15,20,23H,3-5,9,12-13,16,22H2,1-2H3;5-6H,3-4H2,1-2H3;1-2H2/b;6-5-;. The van der Waals surface area contributed by atoms with Crippen molar-refractivity contribution in [2.75, 3.05) is 6.54 Å². The molecule has 1 amide bonds. The molecular weight excluding hydrogens is 406 g/mol. The van der Waals surface area contributed by atoms with Crippen LogP contribution in [0.1, 0.15) is 76.0 Å². The number of aryl methyl sites for hydroxylation is 1. The van der Waals surface area contributed by atoms with Crippen LogP contribution in [-0.2, 0) is 17.8 Å². The lowest BCUT2D eigenvalue weighted by atomic mass is 10.0. The van der Waals surface area contributed by atoms with Crippen LogP contribution in [0, 0.1) is 6.92 Å². The third-order valence-corrected chi connectivity index (χ3v) is 5.27. The number of allylic oxidation sites excluding steroid dienone is 2. The average Bonchev–Trinajstić information content (AvgIpc) is 3.25. The third-order valence-electron chi connectivity index (χ3n) is 5.27. The van der Waals surface area contributed by atoms with Gasteiger partial charge in [0.15, 0.2) is 0 Å². The molecule has 1 heterocycles. The lowest BCUT2D eigenvalue weighted by molar-refractivity contribution is -0.133. The van der Waals surface area contributed by atoms with Crippen molar-refractivity contribution >= 4 is 5.91 Å². The van der Waals surface area contributed by atoms with Gasteiger partial charge in [0.05, 0.1) is 6.04 Å². The summed E-state index contributed by atoms with van der Waals surface area (Å²) in [7, 11) is 0. The quantitative estimate of drug-likeness (QED) is 0.269. The molecule has 1 aromatic carbocycles. The van der Waals surface area contributed by atoms with Gasteiger partial charge in [-0.1, -0.05) is 82.5 Å². The zero-order chi connectivity index (χ0) is 24.9. The molecule has 1 unspecified atom stereocenters. The number of H-pyrrole nitrogens is 1. The highest BCUT2D eigenvalue weighted by atomic mass is 16.2. The molecule has 1 atom stereocenters. The number of aromatic amines is 1. The van der Waals surface area contributed by atoms with E-state index in [1.807, 2.05) is 42.4 Å². The molecule has 0 saturated heterocycles.